The highest BCUT2D eigenvalue weighted by Gasteiger charge is 2.64. The van der Waals surface area contributed by atoms with Crippen LogP contribution in [0.1, 0.15) is 28.7 Å². The number of carbonyl (C=O) groups excluding carboxylic acids is 4. The van der Waals surface area contributed by atoms with Crippen LogP contribution in [0.3, 0.4) is 0 Å². The van der Waals surface area contributed by atoms with E-state index >= 15 is 0 Å². The van der Waals surface area contributed by atoms with E-state index < -0.39 is 64.1 Å². The number of primary amides is 1. The van der Waals surface area contributed by atoms with Gasteiger partial charge in [-0.05, 0) is 56.1 Å². The number of nitrogens with one attached hydrogen (secondary N) is 2. The molecule has 6 rings (SSSR count). The van der Waals surface area contributed by atoms with Crippen molar-refractivity contribution >= 4 is 40.6 Å². The molecule has 0 bridgehead atoms. The molecule has 8 N–H and O–H groups in total. The number of hydrogen-bond donors (Lipinski definition) is 7. The third kappa shape index (κ3) is 4.86. The normalized spacial score (nSPS) is 24.7. The zero-order valence-electron chi connectivity index (χ0n) is 26.4. The van der Waals surface area contributed by atoms with Crippen molar-refractivity contribution in [3.8, 4) is 11.5 Å². The minimum absolute atomic E-state index is 0.0173. The third-order valence-electron chi connectivity index (χ3n) is 9.65. The van der Waals surface area contributed by atoms with Crippen LogP contribution >= 0.6 is 0 Å². The van der Waals surface area contributed by atoms with Crippen LogP contribution in [0.25, 0.3) is 5.76 Å². The van der Waals surface area contributed by atoms with Gasteiger partial charge < -0.3 is 46.4 Å². The Morgan fingerprint density at radius 3 is 2.49 bits per heavy atom. The van der Waals surface area contributed by atoms with Crippen LogP contribution in [0.4, 0.5) is 16.2 Å². The van der Waals surface area contributed by atoms with Crippen molar-refractivity contribution in [3.63, 3.8) is 0 Å². The van der Waals surface area contributed by atoms with Gasteiger partial charge in [0.05, 0.1) is 18.2 Å². The van der Waals surface area contributed by atoms with E-state index in [1.54, 1.807) is 51.3 Å². The third-order valence-corrected chi connectivity index (χ3v) is 9.65. The highest BCUT2D eigenvalue weighted by Crippen LogP contribution is 2.54. The lowest BCUT2D eigenvalue weighted by Gasteiger charge is -2.50. The van der Waals surface area contributed by atoms with Crippen LogP contribution in [0.5, 0.6) is 11.5 Å². The lowest BCUT2D eigenvalue weighted by atomic mass is 9.57. The lowest BCUT2D eigenvalue weighted by Crippen LogP contribution is -2.65. The number of hydrogen-bond acceptors (Lipinski definition) is 11. The number of fused-ring (bicyclic) bond motifs is 4. The number of urea groups is 1. The molecule has 0 aromatic heterocycles. The van der Waals surface area contributed by atoms with Crippen LogP contribution in [-0.4, -0.2) is 95.3 Å². The molecule has 1 fully saturated rings. The highest BCUT2D eigenvalue weighted by atomic mass is 16.5. The summed E-state index contributed by atoms with van der Waals surface area (Å²) < 4.78 is 5.56. The number of benzene rings is 2. The van der Waals surface area contributed by atoms with Crippen LogP contribution in [0.2, 0.25) is 0 Å². The smallest absolute Gasteiger partial charge is 0.319 e. The van der Waals surface area contributed by atoms with Gasteiger partial charge in [0.1, 0.15) is 28.6 Å². The van der Waals surface area contributed by atoms with Crippen LogP contribution in [0.15, 0.2) is 41.2 Å². The van der Waals surface area contributed by atoms with Crippen molar-refractivity contribution in [2.75, 3.05) is 45.0 Å². The number of rotatable bonds is 6. The average molecular weight is 648 g/mol. The van der Waals surface area contributed by atoms with Gasteiger partial charge in [-0.2, -0.15) is 0 Å². The molecule has 0 saturated heterocycles. The highest BCUT2D eigenvalue weighted by molar-refractivity contribution is 6.24. The molecule has 1 saturated carbocycles. The van der Waals surface area contributed by atoms with E-state index in [2.05, 4.69) is 10.6 Å². The standard InChI is InChI=1S/C33H37N5O9/c1-37(2)20-11-16(13-35-32(45)36-17-6-5-14-7-8-47-21(14)12-17)26(39)23-18(20)9-15-10-19-25(38(3)4)28(41)24(31(34)44)30(43)33(19,46)29(42)22(15)27(23)40/h5-6,11-12,15,19,25,39-40,43,46H,7-10,13H2,1-4H3,(H2,34,44)(H2,35,36,45)/t15-,19-,25-,33-/m0/s1. The number of nitrogens with zero attached hydrogens (tertiary/aromatic N) is 2. The number of ketones is 2. The van der Waals surface area contributed by atoms with Gasteiger partial charge in [0.15, 0.2) is 11.4 Å². The molecule has 2 aromatic carbocycles. The molecule has 3 aliphatic carbocycles. The summed E-state index contributed by atoms with van der Waals surface area (Å²) in [5, 5.41) is 51.5. The first-order valence-electron chi connectivity index (χ1n) is 15.2. The van der Waals surface area contributed by atoms with Crippen LogP contribution < -0.4 is 26.0 Å². The fourth-order valence-corrected chi connectivity index (χ4v) is 7.47. The number of likely N-dealkylation sites (N-methyl/N-ethyl adjacent to an activating group) is 1. The van der Waals surface area contributed by atoms with Crippen molar-refractivity contribution in [1.29, 1.82) is 0 Å². The molecule has 248 valence electrons. The molecule has 4 atom stereocenters. The SMILES string of the molecule is CN(C)c1cc(CNC(=O)Nc2ccc3c(c2)OCC3)c(O)c2c1C[C@H]1C[C@H]3[C@H](N(C)C)C(=O)C(C(N)=O)=C(O)[C@@]3(O)C(=O)C1=C2O. The minimum atomic E-state index is -2.73. The first kappa shape index (κ1) is 31.9. The van der Waals surface area contributed by atoms with Gasteiger partial charge in [-0.25, -0.2) is 4.79 Å². The van der Waals surface area contributed by atoms with E-state index in [1.165, 1.54) is 4.90 Å². The molecule has 14 nitrogen and oxygen atoms in total. The monoisotopic (exact) mass is 647 g/mol. The molecular formula is C33H37N5O9. The number of aliphatic hydroxyl groups excluding tert-OH is 2. The van der Waals surface area contributed by atoms with Crippen molar-refractivity contribution in [2.24, 2.45) is 17.6 Å². The minimum Gasteiger partial charge on any atom is -0.508 e. The van der Waals surface area contributed by atoms with Gasteiger partial charge in [0.2, 0.25) is 5.78 Å². The Labute approximate surface area is 270 Å². The maximum absolute atomic E-state index is 14.2. The lowest BCUT2D eigenvalue weighted by molar-refractivity contribution is -0.153. The number of ether oxygens (including phenoxy) is 1. The summed E-state index contributed by atoms with van der Waals surface area (Å²) in [7, 11) is 6.63. The number of phenols is 1. The summed E-state index contributed by atoms with van der Waals surface area (Å²) in [6.07, 6.45) is 0.923. The number of aromatic hydroxyl groups is 1. The van der Waals surface area contributed by atoms with E-state index in [1.807, 2.05) is 6.07 Å². The number of nitrogens with two attached hydrogens (primary N) is 1. The zero-order chi connectivity index (χ0) is 34.1. The van der Waals surface area contributed by atoms with Gasteiger partial charge in [0, 0.05) is 61.6 Å². The predicted octanol–water partition coefficient (Wildman–Crippen LogP) is 1.29. The van der Waals surface area contributed by atoms with Crippen molar-refractivity contribution in [1.82, 2.24) is 10.2 Å². The molecule has 14 heteroatoms. The molecule has 2 aromatic rings. The first-order valence-corrected chi connectivity index (χ1v) is 15.2. The Balaban J connectivity index is 1.37. The molecule has 1 aliphatic heterocycles. The molecule has 0 unspecified atom stereocenters. The number of carbonyl (C=O) groups is 4. The van der Waals surface area contributed by atoms with E-state index in [0.717, 1.165) is 12.0 Å². The average Bonchev–Trinajstić information content (AvgIpc) is 3.46. The topological polar surface area (TPSA) is 215 Å². The second-order valence-corrected chi connectivity index (χ2v) is 12.8. The maximum Gasteiger partial charge on any atom is 0.319 e. The number of aliphatic hydroxyl groups is 3. The van der Waals surface area contributed by atoms with Gasteiger partial charge >= 0.3 is 6.03 Å². The van der Waals surface area contributed by atoms with Crippen LogP contribution in [0, 0.1) is 11.8 Å². The molecule has 1 heterocycles. The molecular weight excluding hydrogens is 610 g/mol. The second kappa shape index (κ2) is 11.3. The van der Waals surface area contributed by atoms with E-state index in [9.17, 15) is 39.6 Å². The number of Topliss-reactive ketones (excluding diaryl/α,β-unsaturated/α-hetero) is 2. The predicted molar refractivity (Wildman–Crippen MR) is 170 cm³/mol. The summed E-state index contributed by atoms with van der Waals surface area (Å²) in [5.74, 6) is -6.52. The first-order chi connectivity index (χ1) is 22.2. The summed E-state index contributed by atoms with van der Waals surface area (Å²) in [5.41, 5.74) is 4.42. The Morgan fingerprint density at radius 2 is 1.83 bits per heavy atom. The fourth-order valence-electron chi connectivity index (χ4n) is 7.47. The zero-order valence-corrected chi connectivity index (χ0v) is 26.4. The molecule has 4 aliphatic rings. The summed E-state index contributed by atoms with van der Waals surface area (Å²) >= 11 is 0. The number of amides is 3. The number of phenolic OH excluding ortho intramolecular Hbond substituents is 1. The quantitative estimate of drug-likeness (QED) is 0.222. The van der Waals surface area contributed by atoms with E-state index in [0.29, 0.717) is 29.3 Å². The summed E-state index contributed by atoms with van der Waals surface area (Å²) in [4.78, 5) is 55.7. The fraction of sp³-hybridized carbons (Fsp3) is 0.394. The van der Waals surface area contributed by atoms with Crippen molar-refractivity contribution in [2.45, 2.75) is 37.5 Å². The Morgan fingerprint density at radius 1 is 1.11 bits per heavy atom. The maximum atomic E-state index is 14.2. The van der Waals surface area contributed by atoms with Crippen molar-refractivity contribution in [3.05, 3.63) is 63.4 Å². The van der Waals surface area contributed by atoms with Gasteiger partial charge in [0.25, 0.3) is 5.91 Å². The molecule has 3 amide bonds. The largest absolute Gasteiger partial charge is 0.508 e. The Kier molecular flexibility index (Phi) is 7.68. The van der Waals surface area contributed by atoms with Gasteiger partial charge in [-0.1, -0.05) is 6.07 Å². The van der Waals surface area contributed by atoms with E-state index in [-0.39, 0.29) is 41.8 Å². The second-order valence-electron chi connectivity index (χ2n) is 12.8. The van der Waals surface area contributed by atoms with Gasteiger partial charge in [-0.15, -0.1) is 0 Å². The summed E-state index contributed by atoms with van der Waals surface area (Å²) in [6.45, 7) is 0.423. The molecule has 0 spiro atoms. The van der Waals surface area contributed by atoms with Crippen LogP contribution in [-0.2, 0) is 33.8 Å². The Bertz CT molecular complexity index is 1810. The summed E-state index contributed by atoms with van der Waals surface area (Å²) in [6, 6.07) is 5.32. The van der Waals surface area contributed by atoms with Crippen molar-refractivity contribution < 1.29 is 44.3 Å². The van der Waals surface area contributed by atoms with Gasteiger partial charge in [-0.3, -0.25) is 19.3 Å². The number of anilines is 2. The molecule has 47 heavy (non-hydrogen) atoms. The van der Waals surface area contributed by atoms with E-state index in [4.69, 9.17) is 10.5 Å². The molecule has 0 radical (unpaired) electrons. The Hall–Kier alpha value is -5.08.